The molecular weight excluding hydrogens is 649 g/mol. The van der Waals surface area contributed by atoms with E-state index in [9.17, 15) is 4.79 Å². The highest BCUT2D eigenvalue weighted by Crippen LogP contribution is 2.58. The topological polar surface area (TPSA) is 69.5 Å². The van der Waals surface area contributed by atoms with Crippen molar-refractivity contribution in [2.45, 2.75) is 153 Å². The van der Waals surface area contributed by atoms with E-state index < -0.39 is 8.32 Å². The van der Waals surface area contributed by atoms with E-state index in [1.807, 2.05) is 12.4 Å². The normalized spacial score (nSPS) is 27.5. The first-order valence-electron chi connectivity index (χ1n) is 19.8. The zero-order chi connectivity index (χ0) is 36.2. The number of ether oxygens (including phenoxy) is 1. The van der Waals surface area contributed by atoms with Gasteiger partial charge in [0.25, 0.3) is 0 Å². The van der Waals surface area contributed by atoms with E-state index in [1.165, 1.54) is 49.7 Å². The van der Waals surface area contributed by atoms with Crippen LogP contribution >= 0.6 is 0 Å². The molecule has 2 heterocycles. The van der Waals surface area contributed by atoms with Crippen LogP contribution in [0.5, 0.6) is 5.75 Å². The summed E-state index contributed by atoms with van der Waals surface area (Å²) in [6.07, 6.45) is 20.5. The molecule has 2 bridgehead atoms. The molecule has 1 aromatic carbocycles. The molecule has 7 nitrogen and oxygen atoms in total. The molecule has 0 saturated heterocycles. The first-order valence-corrected chi connectivity index (χ1v) is 22.7. The second-order valence-electron chi connectivity index (χ2n) is 18.7. The number of hydrogen-bond acceptors (Lipinski definition) is 5. The van der Waals surface area contributed by atoms with E-state index >= 15 is 0 Å². The van der Waals surface area contributed by atoms with Crippen LogP contribution in [0.15, 0.2) is 48.9 Å². The van der Waals surface area contributed by atoms with Gasteiger partial charge >= 0.3 is 0 Å². The number of carbonyl (C=O) groups excluding carboxylic acids is 1. The Labute approximate surface area is 308 Å². The molecule has 8 heteroatoms. The molecule has 8 rings (SSSR count). The SMILES string of the molecule is COc1ccc(C23CCC(CN(C(=O)C4CCC(O[Si](C)(C)C(C)(C)C)CC4)c4cc(-c5cnn(C6(C)CCC6)c5)ccn4)(CC2)CC3)cc1C. The molecule has 0 spiro atoms. The van der Waals surface area contributed by atoms with Gasteiger partial charge in [0.2, 0.25) is 5.91 Å². The van der Waals surface area contributed by atoms with Crippen LogP contribution in [0.2, 0.25) is 18.1 Å². The lowest BCUT2D eigenvalue weighted by Gasteiger charge is -2.55. The number of carbonyl (C=O) groups is 1. The second kappa shape index (κ2) is 13.5. The predicted octanol–water partition coefficient (Wildman–Crippen LogP) is 10.4. The maximum atomic E-state index is 14.8. The molecular formula is C43H62N4O3Si. The summed E-state index contributed by atoms with van der Waals surface area (Å²) in [7, 11) is -0.106. The summed E-state index contributed by atoms with van der Waals surface area (Å²) in [6.45, 7) is 16.8. The third-order valence-electron chi connectivity index (χ3n) is 14.4. The summed E-state index contributed by atoms with van der Waals surface area (Å²) in [5.41, 5.74) is 5.31. The van der Waals surface area contributed by atoms with Crippen molar-refractivity contribution in [2.75, 3.05) is 18.6 Å². The lowest BCUT2D eigenvalue weighted by Crippen LogP contribution is -2.52. The first-order chi connectivity index (χ1) is 24.1. The van der Waals surface area contributed by atoms with Crippen LogP contribution in [0.1, 0.15) is 122 Å². The Morgan fingerprint density at radius 2 is 1.65 bits per heavy atom. The standard InChI is InChI=1S/C43H62N4O3Si/c1-31-26-35(12-15-37(31)49-6)43-22-19-42(20-23-43,21-24-43)30-46(39(48)32-10-13-36(14-11-32)50-51(7,8)40(2,3)4)38-27-33(16-25-44-38)34-28-45-47(29-34)41(5)17-9-18-41/h12,15-16,25-29,32,36H,9-11,13-14,17-24,30H2,1-8H3. The number of aryl methyl sites for hydroxylation is 1. The molecule has 0 unspecified atom stereocenters. The number of fused-ring (bicyclic) bond motifs is 3. The maximum Gasteiger partial charge on any atom is 0.231 e. The van der Waals surface area contributed by atoms with Gasteiger partial charge in [-0.1, -0.05) is 32.9 Å². The highest BCUT2D eigenvalue weighted by molar-refractivity contribution is 6.74. The molecule has 1 amide bonds. The number of anilines is 1. The van der Waals surface area contributed by atoms with Crippen molar-refractivity contribution in [1.29, 1.82) is 0 Å². The lowest BCUT2D eigenvalue weighted by molar-refractivity contribution is -0.124. The minimum Gasteiger partial charge on any atom is -0.496 e. The van der Waals surface area contributed by atoms with Crippen LogP contribution in [-0.4, -0.2) is 48.7 Å². The molecule has 5 fully saturated rings. The van der Waals surface area contributed by atoms with Crippen LogP contribution in [-0.2, 0) is 20.2 Å². The maximum absolute atomic E-state index is 14.8. The molecule has 0 atom stereocenters. The van der Waals surface area contributed by atoms with Crippen molar-refractivity contribution in [3.05, 3.63) is 60.0 Å². The average molecular weight is 711 g/mol. The van der Waals surface area contributed by atoms with Gasteiger partial charge in [0.1, 0.15) is 11.6 Å². The number of methoxy groups -OCH3 is 1. The number of rotatable bonds is 10. The Hall–Kier alpha value is -2.97. The summed E-state index contributed by atoms with van der Waals surface area (Å²) >= 11 is 0. The molecule has 3 aromatic rings. The van der Waals surface area contributed by atoms with Crippen molar-refractivity contribution in [1.82, 2.24) is 14.8 Å². The quantitative estimate of drug-likeness (QED) is 0.196. The molecule has 2 aromatic heterocycles. The predicted molar refractivity (Wildman–Crippen MR) is 209 cm³/mol. The molecule has 0 N–H and O–H groups in total. The lowest BCUT2D eigenvalue weighted by atomic mass is 9.51. The fraction of sp³-hybridized carbons (Fsp3) is 0.651. The highest BCUT2D eigenvalue weighted by atomic mass is 28.4. The summed E-state index contributed by atoms with van der Waals surface area (Å²) in [6, 6.07) is 11.0. The van der Waals surface area contributed by atoms with E-state index in [1.54, 1.807) is 7.11 Å². The second-order valence-corrected chi connectivity index (χ2v) is 23.4. The number of pyridine rings is 1. The van der Waals surface area contributed by atoms with Gasteiger partial charge in [0.05, 0.1) is 18.8 Å². The Bertz CT molecular complexity index is 1700. The van der Waals surface area contributed by atoms with Crippen molar-refractivity contribution in [3.8, 4) is 16.9 Å². The van der Waals surface area contributed by atoms with Gasteiger partial charge in [-0.2, -0.15) is 5.10 Å². The van der Waals surface area contributed by atoms with Crippen molar-refractivity contribution < 1.29 is 14.0 Å². The van der Waals surface area contributed by atoms with Gasteiger partial charge in [0, 0.05) is 36.5 Å². The van der Waals surface area contributed by atoms with Crippen molar-refractivity contribution >= 4 is 20.0 Å². The van der Waals surface area contributed by atoms with E-state index in [2.05, 4.69) is 93.8 Å². The van der Waals surface area contributed by atoms with E-state index in [0.717, 1.165) is 74.2 Å². The molecule has 0 radical (unpaired) electrons. The van der Waals surface area contributed by atoms with Crippen LogP contribution < -0.4 is 9.64 Å². The van der Waals surface area contributed by atoms with Crippen molar-refractivity contribution in [2.24, 2.45) is 11.3 Å². The van der Waals surface area contributed by atoms with Gasteiger partial charge in [-0.3, -0.25) is 14.4 Å². The summed E-state index contributed by atoms with van der Waals surface area (Å²) in [5.74, 6) is 2.01. The molecule has 51 heavy (non-hydrogen) atoms. The summed E-state index contributed by atoms with van der Waals surface area (Å²) < 4.78 is 14.6. The zero-order valence-electron chi connectivity index (χ0n) is 32.7. The van der Waals surface area contributed by atoms with Crippen molar-refractivity contribution in [3.63, 3.8) is 0 Å². The van der Waals surface area contributed by atoms with E-state index in [0.29, 0.717) is 0 Å². The monoisotopic (exact) mass is 710 g/mol. The summed E-state index contributed by atoms with van der Waals surface area (Å²) in [5, 5.41) is 4.97. The van der Waals surface area contributed by atoms with Gasteiger partial charge in [-0.25, -0.2) is 4.98 Å². The number of aromatic nitrogens is 3. The average Bonchev–Trinajstić information content (AvgIpc) is 3.61. The Balaban J connectivity index is 1.12. The van der Waals surface area contributed by atoms with Crippen LogP contribution in [0.3, 0.4) is 0 Å². The molecule has 276 valence electrons. The Morgan fingerprint density at radius 1 is 0.961 bits per heavy atom. The molecule has 5 aliphatic carbocycles. The van der Waals surface area contributed by atoms with Gasteiger partial charge in [0.15, 0.2) is 8.32 Å². The highest BCUT2D eigenvalue weighted by Gasteiger charge is 2.51. The number of benzene rings is 1. The molecule has 0 aliphatic heterocycles. The number of nitrogens with zero attached hydrogens (tertiary/aromatic N) is 4. The Morgan fingerprint density at radius 3 is 2.24 bits per heavy atom. The third-order valence-corrected chi connectivity index (χ3v) is 18.9. The smallest absolute Gasteiger partial charge is 0.231 e. The zero-order valence-corrected chi connectivity index (χ0v) is 33.7. The number of hydrogen-bond donors (Lipinski definition) is 0. The van der Waals surface area contributed by atoms with Gasteiger partial charge in [-0.15, -0.1) is 0 Å². The third kappa shape index (κ3) is 6.96. The van der Waals surface area contributed by atoms with Crippen LogP contribution in [0.25, 0.3) is 11.1 Å². The van der Waals surface area contributed by atoms with Gasteiger partial charge in [-0.05, 0) is 161 Å². The molecule has 5 aliphatic rings. The van der Waals surface area contributed by atoms with E-state index in [-0.39, 0.29) is 39.3 Å². The summed E-state index contributed by atoms with van der Waals surface area (Å²) in [4.78, 5) is 21.9. The minimum atomic E-state index is -1.86. The molecule has 5 saturated carbocycles. The fourth-order valence-electron chi connectivity index (χ4n) is 9.42. The van der Waals surface area contributed by atoms with E-state index in [4.69, 9.17) is 19.2 Å². The van der Waals surface area contributed by atoms with Crippen LogP contribution in [0.4, 0.5) is 5.82 Å². The fourth-order valence-corrected chi connectivity index (χ4v) is 10.8. The first kappa shape index (κ1) is 36.4. The minimum absolute atomic E-state index is 0.000911. The van der Waals surface area contributed by atoms with Gasteiger partial charge < -0.3 is 9.16 Å². The Kier molecular flexibility index (Phi) is 9.60. The van der Waals surface area contributed by atoms with Crippen LogP contribution in [0, 0.1) is 18.3 Å². The largest absolute Gasteiger partial charge is 0.496 e. The number of amides is 1.